The van der Waals surface area contributed by atoms with Gasteiger partial charge in [0.1, 0.15) is 11.5 Å². The van der Waals surface area contributed by atoms with Gasteiger partial charge in [0, 0.05) is 38.2 Å². The van der Waals surface area contributed by atoms with E-state index in [9.17, 15) is 9.59 Å². The quantitative estimate of drug-likeness (QED) is 0.703. The third kappa shape index (κ3) is 3.10. The fourth-order valence-electron chi connectivity index (χ4n) is 5.14. The lowest BCUT2D eigenvalue weighted by molar-refractivity contribution is 0.0682. The standard InChI is InChI=1S/C23H24N6O2/c1-24-21(30)20-27-26-19-10-11-23(16-7-3-2-4-8-16)12-14-28(18(23)15-29(19)20)22(31)17-9-5-6-13-25-17/h2-9,13,18H,10-12,14-15H2,1H3,(H,24,30)/t18-,23+/m1/s1. The van der Waals surface area contributed by atoms with Crippen LogP contribution in [0.2, 0.25) is 0 Å². The Morgan fingerprint density at radius 2 is 1.87 bits per heavy atom. The summed E-state index contributed by atoms with van der Waals surface area (Å²) in [5.74, 6) is 0.722. The molecule has 2 aromatic heterocycles. The average Bonchev–Trinajstić information content (AvgIpc) is 3.36. The average molecular weight is 416 g/mol. The second-order valence-electron chi connectivity index (χ2n) is 8.13. The highest BCUT2D eigenvalue weighted by molar-refractivity contribution is 5.93. The molecule has 2 aliphatic heterocycles. The summed E-state index contributed by atoms with van der Waals surface area (Å²) in [6.45, 7) is 1.11. The smallest absolute Gasteiger partial charge is 0.288 e. The Morgan fingerprint density at radius 1 is 1.06 bits per heavy atom. The van der Waals surface area contributed by atoms with Crippen molar-refractivity contribution < 1.29 is 9.59 Å². The molecule has 5 rings (SSSR count). The van der Waals surface area contributed by atoms with E-state index in [-0.39, 0.29) is 23.3 Å². The summed E-state index contributed by atoms with van der Waals surface area (Å²) in [7, 11) is 1.58. The largest absolute Gasteiger partial charge is 0.352 e. The Hall–Kier alpha value is -3.55. The second kappa shape index (κ2) is 7.61. The SMILES string of the molecule is CNC(=O)c1nnc2n1C[C@H]1N(C(=O)c3ccccn3)CC[C@]1(c1ccccc1)CC2. The molecule has 0 saturated carbocycles. The monoisotopic (exact) mass is 416 g/mol. The number of benzene rings is 1. The molecule has 0 unspecified atom stereocenters. The van der Waals surface area contributed by atoms with E-state index in [0.717, 1.165) is 18.7 Å². The molecule has 0 radical (unpaired) electrons. The van der Waals surface area contributed by atoms with Crippen LogP contribution in [-0.4, -0.2) is 56.1 Å². The summed E-state index contributed by atoms with van der Waals surface area (Å²) >= 11 is 0. The zero-order valence-corrected chi connectivity index (χ0v) is 17.4. The molecule has 8 nitrogen and oxygen atoms in total. The summed E-state index contributed by atoms with van der Waals surface area (Å²) in [6.07, 6.45) is 4.02. The highest BCUT2D eigenvalue weighted by Gasteiger charge is 2.52. The molecular formula is C23H24N6O2. The van der Waals surface area contributed by atoms with Crippen molar-refractivity contribution in [3.8, 4) is 0 Å². The molecule has 31 heavy (non-hydrogen) atoms. The number of aromatic nitrogens is 4. The van der Waals surface area contributed by atoms with Crippen LogP contribution in [-0.2, 0) is 18.4 Å². The number of fused-ring (bicyclic) bond motifs is 2. The number of nitrogens with zero attached hydrogens (tertiary/aromatic N) is 5. The van der Waals surface area contributed by atoms with Gasteiger partial charge in [0.15, 0.2) is 0 Å². The molecule has 1 N–H and O–H groups in total. The molecule has 2 amide bonds. The predicted octanol–water partition coefficient (Wildman–Crippen LogP) is 1.83. The first kappa shape index (κ1) is 19.4. The molecule has 3 aromatic rings. The van der Waals surface area contributed by atoms with Gasteiger partial charge in [-0.05, 0) is 30.5 Å². The van der Waals surface area contributed by atoms with Crippen molar-refractivity contribution in [1.29, 1.82) is 0 Å². The molecule has 158 valence electrons. The van der Waals surface area contributed by atoms with Gasteiger partial charge in [0.25, 0.3) is 11.8 Å². The lowest BCUT2D eigenvalue weighted by atomic mass is 9.71. The van der Waals surface area contributed by atoms with E-state index in [0.29, 0.717) is 31.0 Å². The molecular weight excluding hydrogens is 392 g/mol. The topological polar surface area (TPSA) is 93.0 Å². The van der Waals surface area contributed by atoms with Gasteiger partial charge in [-0.25, -0.2) is 0 Å². The van der Waals surface area contributed by atoms with Crippen molar-refractivity contribution in [2.24, 2.45) is 0 Å². The van der Waals surface area contributed by atoms with Crippen molar-refractivity contribution >= 4 is 11.8 Å². The molecule has 1 saturated heterocycles. The van der Waals surface area contributed by atoms with Crippen molar-refractivity contribution in [2.75, 3.05) is 13.6 Å². The minimum atomic E-state index is -0.272. The summed E-state index contributed by atoms with van der Waals surface area (Å²) in [6, 6.07) is 15.6. The summed E-state index contributed by atoms with van der Waals surface area (Å²) in [4.78, 5) is 32.1. The molecule has 2 atom stereocenters. The van der Waals surface area contributed by atoms with E-state index < -0.39 is 0 Å². The third-order valence-electron chi connectivity index (χ3n) is 6.71. The second-order valence-corrected chi connectivity index (χ2v) is 8.13. The van der Waals surface area contributed by atoms with E-state index >= 15 is 0 Å². The number of hydrogen-bond acceptors (Lipinski definition) is 5. The van der Waals surface area contributed by atoms with Crippen LogP contribution in [0.15, 0.2) is 54.7 Å². The minimum Gasteiger partial charge on any atom is -0.352 e. The van der Waals surface area contributed by atoms with E-state index in [1.54, 1.807) is 25.4 Å². The molecule has 0 aliphatic carbocycles. The normalized spacial score (nSPS) is 22.4. The maximum Gasteiger partial charge on any atom is 0.288 e. The Labute approximate surface area is 180 Å². The zero-order chi connectivity index (χ0) is 21.4. The number of aryl methyl sites for hydroxylation is 1. The van der Waals surface area contributed by atoms with Gasteiger partial charge >= 0.3 is 0 Å². The maximum atomic E-state index is 13.5. The number of hydrogen-bond donors (Lipinski definition) is 1. The highest BCUT2D eigenvalue weighted by atomic mass is 16.2. The van der Waals surface area contributed by atoms with Crippen molar-refractivity contribution in [1.82, 2.24) is 30.0 Å². The number of likely N-dealkylation sites (tertiary alicyclic amines) is 1. The van der Waals surface area contributed by atoms with Gasteiger partial charge in [-0.15, -0.1) is 10.2 Å². The van der Waals surface area contributed by atoms with Gasteiger partial charge < -0.3 is 14.8 Å². The number of rotatable bonds is 3. The number of carbonyl (C=O) groups excluding carboxylic acids is 2. The van der Waals surface area contributed by atoms with Crippen LogP contribution in [0.3, 0.4) is 0 Å². The Morgan fingerprint density at radius 3 is 2.61 bits per heavy atom. The zero-order valence-electron chi connectivity index (χ0n) is 17.4. The van der Waals surface area contributed by atoms with Crippen LogP contribution < -0.4 is 5.32 Å². The number of amides is 2. The Bertz CT molecular complexity index is 1110. The lowest BCUT2D eigenvalue weighted by Crippen LogP contribution is -2.47. The Balaban J connectivity index is 1.61. The first-order chi connectivity index (χ1) is 15.1. The van der Waals surface area contributed by atoms with E-state index in [1.807, 2.05) is 33.7 Å². The fraction of sp³-hybridized carbons (Fsp3) is 0.348. The van der Waals surface area contributed by atoms with Gasteiger partial charge in [-0.1, -0.05) is 36.4 Å². The van der Waals surface area contributed by atoms with Crippen molar-refractivity contribution in [3.05, 3.63) is 77.6 Å². The van der Waals surface area contributed by atoms with Crippen LogP contribution in [0.4, 0.5) is 0 Å². The fourth-order valence-corrected chi connectivity index (χ4v) is 5.14. The van der Waals surface area contributed by atoms with Crippen molar-refractivity contribution in [3.63, 3.8) is 0 Å². The molecule has 4 heterocycles. The first-order valence-electron chi connectivity index (χ1n) is 10.6. The van der Waals surface area contributed by atoms with Crippen LogP contribution in [0, 0.1) is 0 Å². The van der Waals surface area contributed by atoms with Crippen LogP contribution >= 0.6 is 0 Å². The highest BCUT2D eigenvalue weighted by Crippen LogP contribution is 2.46. The first-order valence-corrected chi connectivity index (χ1v) is 10.6. The van der Waals surface area contributed by atoms with Crippen molar-refractivity contribution in [2.45, 2.75) is 37.3 Å². The van der Waals surface area contributed by atoms with E-state index in [1.165, 1.54) is 5.56 Å². The number of pyridine rings is 1. The van der Waals surface area contributed by atoms with Crippen LogP contribution in [0.1, 0.15) is 45.3 Å². The molecule has 2 aliphatic rings. The van der Waals surface area contributed by atoms with Gasteiger partial charge in [-0.3, -0.25) is 14.6 Å². The summed E-state index contributed by atoms with van der Waals surface area (Å²) in [5, 5.41) is 11.1. The maximum absolute atomic E-state index is 13.5. The molecule has 8 heteroatoms. The van der Waals surface area contributed by atoms with Gasteiger partial charge in [0.2, 0.25) is 5.82 Å². The Kier molecular flexibility index (Phi) is 4.77. The van der Waals surface area contributed by atoms with E-state index in [4.69, 9.17) is 0 Å². The van der Waals surface area contributed by atoms with Gasteiger partial charge in [0.05, 0.1) is 6.04 Å². The molecule has 1 fully saturated rings. The molecule has 0 bridgehead atoms. The predicted molar refractivity (Wildman–Crippen MR) is 114 cm³/mol. The van der Waals surface area contributed by atoms with E-state index in [2.05, 4.69) is 32.6 Å². The lowest BCUT2D eigenvalue weighted by Gasteiger charge is -2.37. The van der Waals surface area contributed by atoms with Gasteiger partial charge in [-0.2, -0.15) is 0 Å². The molecule has 1 aromatic carbocycles. The number of carbonyl (C=O) groups is 2. The van der Waals surface area contributed by atoms with Crippen LogP contribution in [0.5, 0.6) is 0 Å². The molecule has 0 spiro atoms. The third-order valence-corrected chi connectivity index (χ3v) is 6.71. The summed E-state index contributed by atoms with van der Waals surface area (Å²) < 4.78 is 1.89. The summed E-state index contributed by atoms with van der Waals surface area (Å²) in [5.41, 5.74) is 1.44. The minimum absolute atomic E-state index is 0.0820. The number of nitrogens with one attached hydrogen (secondary N) is 1. The van der Waals surface area contributed by atoms with Crippen LogP contribution in [0.25, 0.3) is 0 Å².